The molecule has 2 rings (SSSR count). The number of carbonyl (C=O) groups is 1. The molecule has 0 saturated heterocycles. The zero-order valence-corrected chi connectivity index (χ0v) is 10.3. The van der Waals surface area contributed by atoms with Gasteiger partial charge in [-0.15, -0.1) is 0 Å². The van der Waals surface area contributed by atoms with Crippen molar-refractivity contribution in [3.05, 3.63) is 34.8 Å². The summed E-state index contributed by atoms with van der Waals surface area (Å²) in [5.74, 6) is -0.447. The first-order valence-electron chi connectivity index (χ1n) is 5.52. The van der Waals surface area contributed by atoms with E-state index in [9.17, 15) is 9.59 Å². The molecule has 96 valence electrons. The number of carbonyl (C=O) groups excluding carboxylic acids is 1. The number of hydrogen-bond donors (Lipinski definition) is 0. The third-order valence-corrected chi connectivity index (χ3v) is 2.48. The Balaban J connectivity index is 2.10. The summed E-state index contributed by atoms with van der Waals surface area (Å²) in [6.07, 6.45) is -0.434. The molecule has 0 radical (unpaired) electrons. The smallest absolute Gasteiger partial charge is 0.420 e. The molecule has 1 amide bonds. The Morgan fingerprint density at radius 3 is 2.83 bits per heavy atom. The first kappa shape index (κ1) is 12.2. The molecule has 6 nitrogen and oxygen atoms in total. The lowest BCUT2D eigenvalue weighted by Crippen LogP contribution is -2.25. The van der Waals surface area contributed by atoms with Crippen molar-refractivity contribution in [2.45, 2.75) is 6.54 Å². The predicted octanol–water partition coefficient (Wildman–Crippen LogP) is 1.29. The summed E-state index contributed by atoms with van der Waals surface area (Å²) in [4.78, 5) is 24.1. The SMILES string of the molecule is CN(C)C(=O)OCCn1c(=O)oc2ccccc21. The number of benzene rings is 1. The molecule has 1 heterocycles. The molecule has 0 bridgehead atoms. The van der Waals surface area contributed by atoms with Crippen LogP contribution >= 0.6 is 0 Å². The summed E-state index contributed by atoms with van der Waals surface area (Å²) >= 11 is 0. The summed E-state index contributed by atoms with van der Waals surface area (Å²) in [6.45, 7) is 0.399. The van der Waals surface area contributed by atoms with Crippen molar-refractivity contribution in [2.75, 3.05) is 20.7 Å². The van der Waals surface area contributed by atoms with Crippen LogP contribution < -0.4 is 5.76 Å². The summed E-state index contributed by atoms with van der Waals surface area (Å²) in [5, 5.41) is 0. The summed E-state index contributed by atoms with van der Waals surface area (Å²) in [5.41, 5.74) is 1.23. The number of para-hydroxylation sites is 2. The van der Waals surface area contributed by atoms with Crippen LogP contribution in [0.2, 0.25) is 0 Å². The number of hydrogen-bond acceptors (Lipinski definition) is 4. The van der Waals surface area contributed by atoms with Crippen molar-refractivity contribution in [3.8, 4) is 0 Å². The fourth-order valence-corrected chi connectivity index (χ4v) is 1.58. The van der Waals surface area contributed by atoms with E-state index in [0.717, 1.165) is 0 Å². The van der Waals surface area contributed by atoms with Crippen LogP contribution in [0.15, 0.2) is 33.5 Å². The first-order valence-corrected chi connectivity index (χ1v) is 5.52. The van der Waals surface area contributed by atoms with Crippen LogP contribution in [0.5, 0.6) is 0 Å². The van der Waals surface area contributed by atoms with Gasteiger partial charge in [-0.1, -0.05) is 12.1 Å². The zero-order chi connectivity index (χ0) is 13.1. The average molecular weight is 250 g/mol. The number of rotatable bonds is 3. The number of fused-ring (bicyclic) bond motifs is 1. The van der Waals surface area contributed by atoms with Crippen LogP contribution in [0.4, 0.5) is 4.79 Å². The molecule has 2 aromatic rings. The van der Waals surface area contributed by atoms with Crippen molar-refractivity contribution in [1.29, 1.82) is 0 Å². The summed E-state index contributed by atoms with van der Waals surface area (Å²) in [6, 6.07) is 7.12. The molecule has 18 heavy (non-hydrogen) atoms. The minimum Gasteiger partial charge on any atom is -0.448 e. The van der Waals surface area contributed by atoms with Gasteiger partial charge in [0, 0.05) is 14.1 Å². The van der Waals surface area contributed by atoms with Gasteiger partial charge < -0.3 is 14.1 Å². The van der Waals surface area contributed by atoms with Gasteiger partial charge in [0.1, 0.15) is 6.61 Å². The Morgan fingerprint density at radius 1 is 1.39 bits per heavy atom. The maximum Gasteiger partial charge on any atom is 0.420 e. The normalized spacial score (nSPS) is 10.6. The van der Waals surface area contributed by atoms with E-state index in [4.69, 9.17) is 9.15 Å². The Hall–Kier alpha value is -2.24. The highest BCUT2D eigenvalue weighted by Gasteiger charge is 2.09. The number of nitrogens with zero attached hydrogens (tertiary/aromatic N) is 2. The third kappa shape index (κ3) is 2.37. The monoisotopic (exact) mass is 250 g/mol. The molecule has 0 atom stereocenters. The Labute approximate surface area is 103 Å². The van der Waals surface area contributed by atoms with E-state index in [1.165, 1.54) is 9.47 Å². The van der Waals surface area contributed by atoms with E-state index >= 15 is 0 Å². The fraction of sp³-hybridized carbons (Fsp3) is 0.333. The third-order valence-electron chi connectivity index (χ3n) is 2.48. The van der Waals surface area contributed by atoms with Crippen molar-refractivity contribution < 1.29 is 13.9 Å². The van der Waals surface area contributed by atoms with E-state index in [0.29, 0.717) is 11.1 Å². The van der Waals surface area contributed by atoms with Crippen LogP contribution in [0.3, 0.4) is 0 Å². The van der Waals surface area contributed by atoms with E-state index in [1.807, 2.05) is 6.07 Å². The first-order chi connectivity index (χ1) is 8.59. The Bertz CT molecular complexity index is 612. The van der Waals surface area contributed by atoms with E-state index in [2.05, 4.69) is 0 Å². The second-order valence-corrected chi connectivity index (χ2v) is 4.00. The van der Waals surface area contributed by atoms with E-state index in [-0.39, 0.29) is 13.2 Å². The van der Waals surface area contributed by atoms with Gasteiger partial charge in [0.05, 0.1) is 12.1 Å². The summed E-state index contributed by atoms with van der Waals surface area (Å²) < 4.78 is 11.5. The second kappa shape index (κ2) is 4.95. The quantitative estimate of drug-likeness (QED) is 0.823. The van der Waals surface area contributed by atoms with Crippen molar-refractivity contribution in [3.63, 3.8) is 0 Å². The summed E-state index contributed by atoms with van der Waals surface area (Å²) in [7, 11) is 3.20. The fourth-order valence-electron chi connectivity index (χ4n) is 1.58. The average Bonchev–Trinajstić information content (AvgIpc) is 2.65. The minimum absolute atomic E-state index is 0.125. The lowest BCUT2D eigenvalue weighted by atomic mass is 10.3. The maximum atomic E-state index is 11.6. The van der Waals surface area contributed by atoms with Gasteiger partial charge in [0.15, 0.2) is 5.58 Å². The maximum absolute atomic E-state index is 11.6. The molecule has 1 aromatic heterocycles. The molecule has 0 aliphatic carbocycles. The van der Waals surface area contributed by atoms with Gasteiger partial charge >= 0.3 is 11.8 Å². The molecule has 0 saturated carbocycles. The highest BCUT2D eigenvalue weighted by molar-refractivity contribution is 5.72. The lowest BCUT2D eigenvalue weighted by molar-refractivity contribution is 0.114. The van der Waals surface area contributed by atoms with Crippen LogP contribution in [0.25, 0.3) is 11.1 Å². The van der Waals surface area contributed by atoms with Crippen LogP contribution in [-0.4, -0.2) is 36.3 Å². The van der Waals surface area contributed by atoms with Gasteiger partial charge in [-0.25, -0.2) is 9.59 Å². The van der Waals surface area contributed by atoms with Gasteiger partial charge in [-0.2, -0.15) is 0 Å². The van der Waals surface area contributed by atoms with Gasteiger partial charge in [-0.05, 0) is 12.1 Å². The molecule has 0 aliphatic heterocycles. The molecule has 0 spiro atoms. The van der Waals surface area contributed by atoms with Crippen molar-refractivity contribution >= 4 is 17.2 Å². The standard InChI is InChI=1S/C12H14N2O4/c1-13(2)11(15)17-8-7-14-9-5-3-4-6-10(9)18-12(14)16/h3-6H,7-8H2,1-2H3. The molecule has 0 fully saturated rings. The number of amides is 1. The molecular formula is C12H14N2O4. The zero-order valence-electron chi connectivity index (χ0n) is 10.3. The molecule has 0 aliphatic rings. The van der Waals surface area contributed by atoms with Gasteiger partial charge in [0.25, 0.3) is 0 Å². The van der Waals surface area contributed by atoms with Gasteiger partial charge in [0.2, 0.25) is 0 Å². The van der Waals surface area contributed by atoms with Crippen LogP contribution in [-0.2, 0) is 11.3 Å². The largest absolute Gasteiger partial charge is 0.448 e. The minimum atomic E-state index is -0.447. The molecule has 0 unspecified atom stereocenters. The highest BCUT2D eigenvalue weighted by atomic mass is 16.6. The molecule has 0 N–H and O–H groups in total. The molecular weight excluding hydrogens is 236 g/mol. The Morgan fingerprint density at radius 2 is 2.11 bits per heavy atom. The van der Waals surface area contributed by atoms with Crippen LogP contribution in [0.1, 0.15) is 0 Å². The number of ether oxygens (including phenoxy) is 1. The van der Waals surface area contributed by atoms with Crippen molar-refractivity contribution in [2.24, 2.45) is 0 Å². The van der Waals surface area contributed by atoms with Crippen LogP contribution in [0, 0.1) is 0 Å². The Kier molecular flexibility index (Phi) is 3.36. The predicted molar refractivity (Wildman–Crippen MR) is 65.5 cm³/mol. The molecule has 6 heteroatoms. The van der Waals surface area contributed by atoms with Gasteiger partial charge in [-0.3, -0.25) is 4.57 Å². The molecule has 1 aromatic carbocycles. The van der Waals surface area contributed by atoms with E-state index < -0.39 is 11.8 Å². The number of oxazole rings is 1. The second-order valence-electron chi connectivity index (χ2n) is 4.00. The number of aromatic nitrogens is 1. The topological polar surface area (TPSA) is 64.7 Å². The van der Waals surface area contributed by atoms with E-state index in [1.54, 1.807) is 32.3 Å². The highest BCUT2D eigenvalue weighted by Crippen LogP contribution is 2.11. The lowest BCUT2D eigenvalue weighted by Gasteiger charge is -2.10. The van der Waals surface area contributed by atoms with Crippen molar-refractivity contribution in [1.82, 2.24) is 9.47 Å².